The summed E-state index contributed by atoms with van der Waals surface area (Å²) in [5.74, 6) is 0.610. The molecule has 0 saturated carbocycles. The molecule has 2 rings (SSSR count). The number of benzene rings is 1. The van der Waals surface area contributed by atoms with Crippen LogP contribution in [0.2, 0.25) is 0 Å². The number of aliphatic hydroxyl groups is 1. The molecule has 6 atom stereocenters. The van der Waals surface area contributed by atoms with E-state index in [4.69, 9.17) is 18.9 Å². The van der Waals surface area contributed by atoms with E-state index in [0.29, 0.717) is 13.2 Å². The van der Waals surface area contributed by atoms with Crippen LogP contribution in [0.25, 0.3) is 0 Å². The lowest BCUT2D eigenvalue weighted by Crippen LogP contribution is -2.56. The summed E-state index contributed by atoms with van der Waals surface area (Å²) in [6, 6.07) is 7.92. The second-order valence-electron chi connectivity index (χ2n) is 8.60. The highest BCUT2D eigenvalue weighted by molar-refractivity contribution is 5.26. The quantitative estimate of drug-likeness (QED) is 0.672. The van der Waals surface area contributed by atoms with Crippen molar-refractivity contribution in [2.24, 2.45) is 17.8 Å². The Morgan fingerprint density at radius 1 is 1.11 bits per heavy atom. The maximum absolute atomic E-state index is 10.3. The number of hydrogen-bond acceptors (Lipinski definition) is 5. The number of ether oxygens (including phenoxy) is 4. The van der Waals surface area contributed by atoms with Gasteiger partial charge < -0.3 is 24.1 Å². The fraction of sp³-hybridized carbons (Fsp3) is 0.739. The van der Waals surface area contributed by atoms with E-state index in [1.807, 2.05) is 45.0 Å². The second-order valence-corrected chi connectivity index (χ2v) is 8.60. The van der Waals surface area contributed by atoms with E-state index in [2.05, 4.69) is 20.8 Å². The van der Waals surface area contributed by atoms with Crippen LogP contribution in [0.4, 0.5) is 0 Å². The van der Waals surface area contributed by atoms with E-state index in [1.165, 1.54) is 0 Å². The molecule has 0 aromatic heterocycles. The molecule has 1 saturated heterocycles. The third kappa shape index (κ3) is 5.93. The van der Waals surface area contributed by atoms with Gasteiger partial charge in [0.15, 0.2) is 5.79 Å². The van der Waals surface area contributed by atoms with Gasteiger partial charge in [-0.05, 0) is 38.0 Å². The van der Waals surface area contributed by atoms with Gasteiger partial charge in [0.2, 0.25) is 0 Å². The lowest BCUT2D eigenvalue weighted by molar-refractivity contribution is -0.339. The van der Waals surface area contributed by atoms with Crippen molar-refractivity contribution in [3.63, 3.8) is 0 Å². The monoisotopic (exact) mass is 394 g/mol. The van der Waals surface area contributed by atoms with Gasteiger partial charge in [-0.2, -0.15) is 0 Å². The average molecular weight is 395 g/mol. The van der Waals surface area contributed by atoms with E-state index < -0.39 is 5.79 Å². The zero-order valence-electron chi connectivity index (χ0n) is 18.5. The smallest absolute Gasteiger partial charge is 0.163 e. The van der Waals surface area contributed by atoms with Crippen molar-refractivity contribution in [1.29, 1.82) is 0 Å². The summed E-state index contributed by atoms with van der Waals surface area (Å²) in [5.41, 5.74) is 1.12. The fourth-order valence-electron chi connectivity index (χ4n) is 4.08. The van der Waals surface area contributed by atoms with Crippen LogP contribution in [0.15, 0.2) is 24.3 Å². The first-order valence-corrected chi connectivity index (χ1v) is 10.4. The highest BCUT2D eigenvalue weighted by Gasteiger charge is 2.46. The summed E-state index contributed by atoms with van der Waals surface area (Å²) in [6.45, 7) is 13.5. The van der Waals surface area contributed by atoms with Gasteiger partial charge in [0, 0.05) is 17.8 Å². The van der Waals surface area contributed by atoms with Gasteiger partial charge in [-0.25, -0.2) is 0 Å². The van der Waals surface area contributed by atoms with Gasteiger partial charge in [-0.15, -0.1) is 0 Å². The van der Waals surface area contributed by atoms with Crippen molar-refractivity contribution >= 4 is 0 Å². The molecular weight excluding hydrogens is 356 g/mol. The van der Waals surface area contributed by atoms with Crippen LogP contribution in [0.1, 0.15) is 53.5 Å². The van der Waals surface area contributed by atoms with Crippen LogP contribution < -0.4 is 4.74 Å². The molecule has 1 aliphatic rings. The zero-order valence-corrected chi connectivity index (χ0v) is 18.5. The molecule has 28 heavy (non-hydrogen) atoms. The first-order chi connectivity index (χ1) is 13.2. The number of methoxy groups -OCH3 is 1. The van der Waals surface area contributed by atoms with Crippen LogP contribution in [-0.2, 0) is 20.8 Å². The Kier molecular flexibility index (Phi) is 8.31. The number of aliphatic hydroxyl groups excluding tert-OH is 1. The lowest BCUT2D eigenvalue weighted by atomic mass is 9.80. The molecule has 1 aromatic rings. The highest BCUT2D eigenvalue weighted by atomic mass is 16.7. The molecule has 0 bridgehead atoms. The number of rotatable bonds is 9. The standard InChI is InChI=1S/C23H38O5/c1-8-20(24)16(3)22-17(4)21(27-23(5,6)28-22)15(2)13-26-14-18-9-11-19(25-7)12-10-18/h9-12,15-17,20-22,24H,8,13-14H2,1-7H3/t15-,16+,17+,20+,21-,22-/m1/s1. The summed E-state index contributed by atoms with van der Waals surface area (Å²) in [4.78, 5) is 0. The van der Waals surface area contributed by atoms with Gasteiger partial charge in [0.05, 0.1) is 38.6 Å². The Balaban J connectivity index is 1.96. The second kappa shape index (κ2) is 10.1. The van der Waals surface area contributed by atoms with Crippen molar-refractivity contribution in [1.82, 2.24) is 0 Å². The van der Waals surface area contributed by atoms with E-state index in [0.717, 1.165) is 17.7 Å². The Bertz CT molecular complexity index is 585. The van der Waals surface area contributed by atoms with Crippen molar-refractivity contribution in [2.75, 3.05) is 13.7 Å². The Labute approximate surface area is 170 Å². The molecule has 1 aromatic carbocycles. The molecule has 0 radical (unpaired) electrons. The molecular formula is C23H38O5. The van der Waals surface area contributed by atoms with Crippen LogP contribution in [0, 0.1) is 17.8 Å². The highest BCUT2D eigenvalue weighted by Crippen LogP contribution is 2.38. The first-order valence-electron chi connectivity index (χ1n) is 10.4. The summed E-state index contributed by atoms with van der Waals surface area (Å²) in [5, 5.41) is 10.3. The third-order valence-electron chi connectivity index (χ3n) is 5.79. The maximum Gasteiger partial charge on any atom is 0.163 e. The third-order valence-corrected chi connectivity index (χ3v) is 5.79. The maximum atomic E-state index is 10.3. The molecule has 160 valence electrons. The van der Waals surface area contributed by atoms with Gasteiger partial charge in [-0.3, -0.25) is 0 Å². The van der Waals surface area contributed by atoms with E-state index in [9.17, 15) is 5.11 Å². The molecule has 0 amide bonds. The summed E-state index contributed by atoms with van der Waals surface area (Å²) in [6.07, 6.45) is 0.313. The molecule has 5 nitrogen and oxygen atoms in total. The van der Waals surface area contributed by atoms with Crippen molar-refractivity contribution in [3.05, 3.63) is 29.8 Å². The largest absolute Gasteiger partial charge is 0.497 e. The Morgan fingerprint density at radius 2 is 1.71 bits per heavy atom. The summed E-state index contributed by atoms with van der Waals surface area (Å²) < 4.78 is 23.7. The van der Waals surface area contributed by atoms with Gasteiger partial charge in [0.25, 0.3) is 0 Å². The normalized spacial score (nSPS) is 27.8. The Morgan fingerprint density at radius 3 is 2.29 bits per heavy atom. The predicted molar refractivity (Wildman–Crippen MR) is 110 cm³/mol. The Hall–Kier alpha value is -1.14. The first kappa shape index (κ1) is 23.1. The molecule has 1 N–H and O–H groups in total. The minimum Gasteiger partial charge on any atom is -0.497 e. The topological polar surface area (TPSA) is 57.2 Å². The summed E-state index contributed by atoms with van der Waals surface area (Å²) >= 11 is 0. The molecule has 0 aliphatic carbocycles. The summed E-state index contributed by atoms with van der Waals surface area (Å²) in [7, 11) is 1.66. The molecule has 0 spiro atoms. The lowest BCUT2D eigenvalue weighted by Gasteiger charge is -2.49. The SMILES string of the molecule is CC[C@H](O)[C@H](C)[C@H]1OC(C)(C)O[C@H]([C@H](C)COCc2ccc(OC)cc2)[C@@H]1C. The van der Waals surface area contributed by atoms with Crippen LogP contribution >= 0.6 is 0 Å². The molecule has 0 unspecified atom stereocenters. The minimum absolute atomic E-state index is 0.0103. The minimum atomic E-state index is -0.673. The van der Waals surface area contributed by atoms with Gasteiger partial charge >= 0.3 is 0 Å². The van der Waals surface area contributed by atoms with E-state index in [-0.39, 0.29) is 36.1 Å². The van der Waals surface area contributed by atoms with Crippen LogP contribution in [0.3, 0.4) is 0 Å². The van der Waals surface area contributed by atoms with Crippen LogP contribution in [0.5, 0.6) is 5.75 Å². The molecule has 1 fully saturated rings. The fourth-order valence-corrected chi connectivity index (χ4v) is 4.08. The zero-order chi connectivity index (χ0) is 20.9. The van der Waals surface area contributed by atoms with Gasteiger partial charge in [-0.1, -0.05) is 39.8 Å². The molecule has 5 heteroatoms. The van der Waals surface area contributed by atoms with Crippen molar-refractivity contribution in [3.8, 4) is 5.75 Å². The van der Waals surface area contributed by atoms with Crippen molar-refractivity contribution in [2.45, 2.75) is 78.7 Å². The number of hydrogen-bond donors (Lipinski definition) is 1. The van der Waals surface area contributed by atoms with E-state index in [1.54, 1.807) is 7.11 Å². The van der Waals surface area contributed by atoms with Crippen molar-refractivity contribution < 1.29 is 24.1 Å². The van der Waals surface area contributed by atoms with Gasteiger partial charge in [0.1, 0.15) is 5.75 Å². The van der Waals surface area contributed by atoms with Crippen LogP contribution in [-0.4, -0.2) is 42.9 Å². The molecule has 1 heterocycles. The predicted octanol–water partition coefficient (Wildman–Crippen LogP) is 4.41. The average Bonchev–Trinajstić information content (AvgIpc) is 2.68. The molecule has 1 aliphatic heterocycles. The van der Waals surface area contributed by atoms with E-state index >= 15 is 0 Å².